The maximum absolute atomic E-state index is 11.7. The SMILES string of the molecule is O=C(Nc1ccc(S)cc1)c1ccccn1. The molecule has 0 radical (unpaired) electrons. The zero-order chi connectivity index (χ0) is 11.4. The van der Waals surface area contributed by atoms with E-state index in [1.807, 2.05) is 12.1 Å². The predicted molar refractivity (Wildman–Crippen MR) is 65.9 cm³/mol. The van der Waals surface area contributed by atoms with Gasteiger partial charge in [-0.05, 0) is 36.4 Å². The molecule has 1 heterocycles. The molecule has 0 fully saturated rings. The fraction of sp³-hybridized carbons (Fsp3) is 0. The van der Waals surface area contributed by atoms with Crippen LogP contribution < -0.4 is 5.32 Å². The number of aromatic nitrogens is 1. The van der Waals surface area contributed by atoms with Gasteiger partial charge in [0.25, 0.3) is 5.91 Å². The first kappa shape index (κ1) is 10.7. The number of carbonyl (C=O) groups is 1. The van der Waals surface area contributed by atoms with Gasteiger partial charge in [-0.1, -0.05) is 6.07 Å². The standard InChI is InChI=1S/C12H10N2OS/c15-12(11-3-1-2-8-13-11)14-9-4-6-10(16)7-5-9/h1-8,16H,(H,14,15). The van der Waals surface area contributed by atoms with E-state index in [9.17, 15) is 4.79 Å². The van der Waals surface area contributed by atoms with Crippen molar-refractivity contribution in [3.8, 4) is 0 Å². The first-order chi connectivity index (χ1) is 7.75. The van der Waals surface area contributed by atoms with Gasteiger partial charge in [-0.3, -0.25) is 9.78 Å². The summed E-state index contributed by atoms with van der Waals surface area (Å²) in [6.07, 6.45) is 1.59. The summed E-state index contributed by atoms with van der Waals surface area (Å²) in [6, 6.07) is 12.4. The molecule has 0 spiro atoms. The fourth-order valence-corrected chi connectivity index (χ4v) is 1.39. The summed E-state index contributed by atoms with van der Waals surface area (Å²) in [4.78, 5) is 16.5. The molecule has 0 atom stereocenters. The van der Waals surface area contributed by atoms with Gasteiger partial charge in [-0.25, -0.2) is 0 Å². The van der Waals surface area contributed by atoms with Gasteiger partial charge in [0.15, 0.2) is 0 Å². The third-order valence-corrected chi connectivity index (χ3v) is 2.32. The smallest absolute Gasteiger partial charge is 0.274 e. The van der Waals surface area contributed by atoms with Crippen molar-refractivity contribution >= 4 is 24.2 Å². The van der Waals surface area contributed by atoms with Gasteiger partial charge in [0.2, 0.25) is 0 Å². The number of rotatable bonds is 2. The zero-order valence-electron chi connectivity index (χ0n) is 8.42. The lowest BCUT2D eigenvalue weighted by molar-refractivity contribution is 0.102. The quantitative estimate of drug-likeness (QED) is 0.779. The monoisotopic (exact) mass is 230 g/mol. The Kier molecular flexibility index (Phi) is 3.22. The molecule has 0 bridgehead atoms. The highest BCUT2D eigenvalue weighted by Gasteiger charge is 2.05. The molecule has 16 heavy (non-hydrogen) atoms. The molecule has 3 nitrogen and oxygen atoms in total. The fourth-order valence-electron chi connectivity index (χ4n) is 1.24. The van der Waals surface area contributed by atoms with Crippen molar-refractivity contribution in [3.63, 3.8) is 0 Å². The van der Waals surface area contributed by atoms with Crippen LogP contribution in [0.1, 0.15) is 10.5 Å². The Morgan fingerprint density at radius 3 is 2.50 bits per heavy atom. The van der Waals surface area contributed by atoms with Crippen LogP contribution in [0.5, 0.6) is 0 Å². The second-order valence-electron chi connectivity index (χ2n) is 3.22. The van der Waals surface area contributed by atoms with E-state index >= 15 is 0 Å². The molecule has 0 aliphatic rings. The minimum absolute atomic E-state index is 0.215. The van der Waals surface area contributed by atoms with Gasteiger partial charge >= 0.3 is 0 Å². The van der Waals surface area contributed by atoms with E-state index in [1.165, 1.54) is 0 Å². The average molecular weight is 230 g/mol. The molecule has 2 aromatic rings. The minimum Gasteiger partial charge on any atom is -0.321 e. The Bertz CT molecular complexity index is 482. The van der Waals surface area contributed by atoms with E-state index in [1.54, 1.807) is 36.5 Å². The Morgan fingerprint density at radius 2 is 1.88 bits per heavy atom. The number of anilines is 1. The highest BCUT2D eigenvalue weighted by Crippen LogP contribution is 2.12. The third-order valence-electron chi connectivity index (χ3n) is 2.02. The highest BCUT2D eigenvalue weighted by atomic mass is 32.1. The van der Waals surface area contributed by atoms with Gasteiger partial charge in [0, 0.05) is 16.8 Å². The van der Waals surface area contributed by atoms with Crippen molar-refractivity contribution in [3.05, 3.63) is 54.4 Å². The first-order valence-electron chi connectivity index (χ1n) is 4.77. The van der Waals surface area contributed by atoms with Crippen LogP contribution in [-0.4, -0.2) is 10.9 Å². The van der Waals surface area contributed by atoms with Gasteiger partial charge in [-0.15, -0.1) is 12.6 Å². The Balaban J connectivity index is 2.11. The van der Waals surface area contributed by atoms with Crippen molar-refractivity contribution < 1.29 is 4.79 Å². The molecule has 1 N–H and O–H groups in total. The molecular weight excluding hydrogens is 220 g/mol. The second-order valence-corrected chi connectivity index (χ2v) is 3.73. The predicted octanol–water partition coefficient (Wildman–Crippen LogP) is 2.62. The van der Waals surface area contributed by atoms with Gasteiger partial charge in [0.1, 0.15) is 5.69 Å². The summed E-state index contributed by atoms with van der Waals surface area (Å²) in [5.41, 5.74) is 1.13. The lowest BCUT2D eigenvalue weighted by Gasteiger charge is -2.04. The van der Waals surface area contributed by atoms with E-state index in [2.05, 4.69) is 22.9 Å². The number of pyridine rings is 1. The van der Waals surface area contributed by atoms with Crippen LogP contribution in [0.15, 0.2) is 53.6 Å². The Labute approximate surface area is 98.9 Å². The molecule has 1 aromatic carbocycles. The van der Waals surface area contributed by atoms with Crippen LogP contribution >= 0.6 is 12.6 Å². The summed E-state index contributed by atoms with van der Waals surface area (Å²) < 4.78 is 0. The van der Waals surface area contributed by atoms with Crippen molar-refractivity contribution in [2.24, 2.45) is 0 Å². The number of thiol groups is 1. The maximum Gasteiger partial charge on any atom is 0.274 e. The second kappa shape index (κ2) is 4.81. The van der Waals surface area contributed by atoms with Crippen molar-refractivity contribution in [1.82, 2.24) is 4.98 Å². The third kappa shape index (κ3) is 2.61. The van der Waals surface area contributed by atoms with E-state index in [4.69, 9.17) is 0 Å². The van der Waals surface area contributed by atoms with Crippen LogP contribution in [0.4, 0.5) is 5.69 Å². The largest absolute Gasteiger partial charge is 0.321 e. The van der Waals surface area contributed by atoms with Crippen LogP contribution in [0, 0.1) is 0 Å². The van der Waals surface area contributed by atoms with Crippen molar-refractivity contribution in [2.45, 2.75) is 4.90 Å². The van der Waals surface area contributed by atoms with E-state index < -0.39 is 0 Å². The number of amides is 1. The zero-order valence-corrected chi connectivity index (χ0v) is 9.32. The summed E-state index contributed by atoms with van der Waals surface area (Å²) in [5, 5.41) is 2.75. The van der Waals surface area contributed by atoms with Crippen molar-refractivity contribution in [1.29, 1.82) is 0 Å². The molecule has 0 saturated carbocycles. The minimum atomic E-state index is -0.215. The van der Waals surface area contributed by atoms with Gasteiger partial charge < -0.3 is 5.32 Å². The molecule has 0 aliphatic heterocycles. The average Bonchev–Trinajstić information content (AvgIpc) is 2.33. The van der Waals surface area contributed by atoms with Gasteiger partial charge in [0.05, 0.1) is 0 Å². The number of carbonyl (C=O) groups excluding carboxylic acids is 1. The highest BCUT2D eigenvalue weighted by molar-refractivity contribution is 7.80. The van der Waals surface area contributed by atoms with E-state index in [-0.39, 0.29) is 5.91 Å². The maximum atomic E-state index is 11.7. The van der Waals surface area contributed by atoms with Crippen LogP contribution in [-0.2, 0) is 0 Å². The summed E-state index contributed by atoms with van der Waals surface area (Å²) in [5.74, 6) is -0.215. The number of benzene rings is 1. The molecular formula is C12H10N2OS. The van der Waals surface area contributed by atoms with Crippen LogP contribution in [0.2, 0.25) is 0 Å². The van der Waals surface area contributed by atoms with Gasteiger partial charge in [-0.2, -0.15) is 0 Å². The molecule has 1 amide bonds. The summed E-state index contributed by atoms with van der Waals surface area (Å²) in [6.45, 7) is 0. The summed E-state index contributed by atoms with van der Waals surface area (Å²) in [7, 11) is 0. The summed E-state index contributed by atoms with van der Waals surface area (Å²) >= 11 is 4.17. The number of nitrogens with zero attached hydrogens (tertiary/aromatic N) is 1. The van der Waals surface area contributed by atoms with Crippen LogP contribution in [0.25, 0.3) is 0 Å². The van der Waals surface area contributed by atoms with E-state index in [0.29, 0.717) is 5.69 Å². The molecule has 0 saturated heterocycles. The topological polar surface area (TPSA) is 42.0 Å². The number of nitrogens with one attached hydrogen (secondary N) is 1. The Morgan fingerprint density at radius 1 is 1.12 bits per heavy atom. The molecule has 2 rings (SSSR count). The van der Waals surface area contributed by atoms with Crippen LogP contribution in [0.3, 0.4) is 0 Å². The number of hydrogen-bond acceptors (Lipinski definition) is 3. The molecule has 0 aliphatic carbocycles. The van der Waals surface area contributed by atoms with E-state index in [0.717, 1.165) is 10.6 Å². The molecule has 1 aromatic heterocycles. The number of hydrogen-bond donors (Lipinski definition) is 2. The van der Waals surface area contributed by atoms with Crippen molar-refractivity contribution in [2.75, 3.05) is 5.32 Å². The molecule has 0 unspecified atom stereocenters. The first-order valence-corrected chi connectivity index (χ1v) is 5.22. The lowest BCUT2D eigenvalue weighted by Crippen LogP contribution is -2.13. The molecule has 4 heteroatoms. The Hall–Kier alpha value is -1.81. The lowest BCUT2D eigenvalue weighted by atomic mass is 10.3. The molecule has 80 valence electrons. The normalized spacial score (nSPS) is 9.81.